The van der Waals surface area contributed by atoms with Gasteiger partial charge in [-0.3, -0.25) is 0 Å². The van der Waals surface area contributed by atoms with E-state index in [1.165, 1.54) is 18.4 Å². The molecule has 2 heteroatoms. The van der Waals surface area contributed by atoms with Crippen molar-refractivity contribution >= 4 is 0 Å². The van der Waals surface area contributed by atoms with Crippen LogP contribution < -0.4 is 4.74 Å². The summed E-state index contributed by atoms with van der Waals surface area (Å²) in [6.45, 7) is 2.75. The van der Waals surface area contributed by atoms with Gasteiger partial charge in [0, 0.05) is 5.56 Å². The van der Waals surface area contributed by atoms with Crippen LogP contribution in [0.5, 0.6) is 5.75 Å². The van der Waals surface area contributed by atoms with Gasteiger partial charge in [0.2, 0.25) is 0 Å². The Labute approximate surface area is 126 Å². The molecule has 0 aromatic heterocycles. The molecule has 1 unspecified atom stereocenters. The van der Waals surface area contributed by atoms with Crippen LogP contribution in [0.3, 0.4) is 0 Å². The van der Waals surface area contributed by atoms with Gasteiger partial charge in [0.05, 0.1) is 6.61 Å². The van der Waals surface area contributed by atoms with E-state index >= 15 is 0 Å². The molecule has 110 valence electrons. The highest BCUT2D eigenvalue weighted by Gasteiger charge is 2.23. The monoisotopic (exact) mass is 282 g/mol. The molecule has 0 bridgehead atoms. The molecule has 1 N–H and O–H groups in total. The lowest BCUT2D eigenvalue weighted by Crippen LogP contribution is -2.04. The Balaban J connectivity index is 1.81. The van der Waals surface area contributed by atoms with E-state index in [1.807, 2.05) is 36.4 Å². The largest absolute Gasteiger partial charge is 0.493 e. The summed E-state index contributed by atoms with van der Waals surface area (Å²) >= 11 is 0. The van der Waals surface area contributed by atoms with Crippen LogP contribution in [0.15, 0.2) is 48.5 Å². The molecule has 1 atom stereocenters. The molecule has 1 fully saturated rings. The van der Waals surface area contributed by atoms with Crippen molar-refractivity contribution < 1.29 is 9.84 Å². The molecule has 2 aromatic carbocycles. The molecule has 1 saturated carbocycles. The number of hydrogen-bond donors (Lipinski definition) is 1. The van der Waals surface area contributed by atoms with Crippen LogP contribution in [0.25, 0.3) is 0 Å². The Bertz CT molecular complexity index is 585. The Kier molecular flexibility index (Phi) is 4.26. The third-order valence-electron chi connectivity index (χ3n) is 3.98. The fourth-order valence-corrected chi connectivity index (χ4v) is 2.60. The highest BCUT2D eigenvalue weighted by atomic mass is 16.5. The molecule has 2 aromatic rings. The summed E-state index contributed by atoms with van der Waals surface area (Å²) < 4.78 is 5.74. The zero-order chi connectivity index (χ0) is 14.7. The molecule has 0 saturated heterocycles. The van der Waals surface area contributed by atoms with E-state index in [0.29, 0.717) is 6.61 Å². The van der Waals surface area contributed by atoms with Gasteiger partial charge in [0.25, 0.3) is 0 Å². The average Bonchev–Trinajstić information content (AvgIpc) is 3.37. The molecule has 0 heterocycles. The standard InChI is InChI=1S/C19H22O2/c1-2-13-21-18-6-4-3-5-17(18)19(20)16-11-9-15(10-12-16)14-7-8-14/h3-6,9-12,14,19-20H,2,7-8,13H2,1H3. The molecule has 1 aliphatic carbocycles. The lowest BCUT2D eigenvalue weighted by molar-refractivity contribution is 0.210. The predicted molar refractivity (Wildman–Crippen MR) is 84.7 cm³/mol. The Morgan fingerprint density at radius 1 is 1.10 bits per heavy atom. The summed E-state index contributed by atoms with van der Waals surface area (Å²) in [6, 6.07) is 16.1. The van der Waals surface area contributed by atoms with Crippen molar-refractivity contribution in [2.75, 3.05) is 6.61 Å². The van der Waals surface area contributed by atoms with Crippen molar-refractivity contribution in [3.63, 3.8) is 0 Å². The second kappa shape index (κ2) is 6.31. The molecular formula is C19H22O2. The molecule has 0 aliphatic heterocycles. The van der Waals surface area contributed by atoms with Gasteiger partial charge in [-0.25, -0.2) is 0 Å². The quantitative estimate of drug-likeness (QED) is 0.849. The number of aliphatic hydroxyl groups is 1. The minimum absolute atomic E-state index is 0.633. The zero-order valence-electron chi connectivity index (χ0n) is 12.5. The van der Waals surface area contributed by atoms with E-state index in [1.54, 1.807) is 0 Å². The normalized spacial score (nSPS) is 15.7. The summed E-state index contributed by atoms with van der Waals surface area (Å²) in [6.07, 6.45) is 2.93. The molecule has 0 radical (unpaired) electrons. The first-order valence-corrected chi connectivity index (χ1v) is 7.79. The maximum absolute atomic E-state index is 10.6. The minimum atomic E-state index is -0.633. The fourth-order valence-electron chi connectivity index (χ4n) is 2.60. The van der Waals surface area contributed by atoms with Gasteiger partial charge in [0.15, 0.2) is 0 Å². The van der Waals surface area contributed by atoms with E-state index in [0.717, 1.165) is 29.2 Å². The number of aliphatic hydroxyl groups excluding tert-OH is 1. The van der Waals surface area contributed by atoms with Crippen LogP contribution in [0.2, 0.25) is 0 Å². The van der Waals surface area contributed by atoms with E-state index in [9.17, 15) is 5.11 Å². The molecule has 2 nitrogen and oxygen atoms in total. The van der Waals surface area contributed by atoms with Gasteiger partial charge in [-0.05, 0) is 42.4 Å². The van der Waals surface area contributed by atoms with Crippen molar-refractivity contribution in [2.24, 2.45) is 0 Å². The van der Waals surface area contributed by atoms with E-state index < -0.39 is 6.10 Å². The van der Waals surface area contributed by atoms with Crippen LogP contribution in [0.4, 0.5) is 0 Å². The third-order valence-corrected chi connectivity index (χ3v) is 3.98. The Hall–Kier alpha value is -1.80. The topological polar surface area (TPSA) is 29.5 Å². The van der Waals surface area contributed by atoms with Crippen LogP contribution in [-0.4, -0.2) is 11.7 Å². The first-order chi connectivity index (χ1) is 10.3. The number of rotatable bonds is 6. The zero-order valence-corrected chi connectivity index (χ0v) is 12.5. The van der Waals surface area contributed by atoms with Crippen molar-refractivity contribution in [1.82, 2.24) is 0 Å². The maximum atomic E-state index is 10.6. The minimum Gasteiger partial charge on any atom is -0.493 e. The predicted octanol–water partition coefficient (Wildman–Crippen LogP) is 4.43. The molecule has 0 amide bonds. The van der Waals surface area contributed by atoms with Gasteiger partial charge in [-0.15, -0.1) is 0 Å². The van der Waals surface area contributed by atoms with Crippen LogP contribution in [0, 0.1) is 0 Å². The number of ether oxygens (including phenoxy) is 1. The van der Waals surface area contributed by atoms with E-state index in [2.05, 4.69) is 19.1 Å². The first-order valence-electron chi connectivity index (χ1n) is 7.79. The number of para-hydroxylation sites is 1. The highest BCUT2D eigenvalue weighted by molar-refractivity contribution is 5.41. The maximum Gasteiger partial charge on any atom is 0.125 e. The van der Waals surface area contributed by atoms with Gasteiger partial charge < -0.3 is 9.84 Å². The van der Waals surface area contributed by atoms with Crippen LogP contribution in [-0.2, 0) is 0 Å². The lowest BCUT2D eigenvalue weighted by atomic mass is 9.98. The van der Waals surface area contributed by atoms with Crippen molar-refractivity contribution in [2.45, 2.75) is 38.2 Å². The van der Waals surface area contributed by atoms with Crippen molar-refractivity contribution in [1.29, 1.82) is 0 Å². The number of hydrogen-bond acceptors (Lipinski definition) is 2. The van der Waals surface area contributed by atoms with Gasteiger partial charge >= 0.3 is 0 Å². The summed E-state index contributed by atoms with van der Waals surface area (Å²) in [5, 5.41) is 10.6. The second-order valence-electron chi connectivity index (χ2n) is 5.73. The molecule has 1 aliphatic rings. The molecule has 0 spiro atoms. The van der Waals surface area contributed by atoms with Crippen molar-refractivity contribution in [3.8, 4) is 5.75 Å². The van der Waals surface area contributed by atoms with Crippen molar-refractivity contribution in [3.05, 3.63) is 65.2 Å². The third kappa shape index (κ3) is 3.27. The summed E-state index contributed by atoms with van der Waals surface area (Å²) in [7, 11) is 0. The van der Waals surface area contributed by atoms with Crippen LogP contribution >= 0.6 is 0 Å². The summed E-state index contributed by atoms with van der Waals surface area (Å²) in [4.78, 5) is 0. The molecule has 3 rings (SSSR count). The Morgan fingerprint density at radius 2 is 1.81 bits per heavy atom. The summed E-state index contributed by atoms with van der Waals surface area (Å²) in [5.41, 5.74) is 3.15. The first kappa shape index (κ1) is 14.2. The van der Waals surface area contributed by atoms with Gasteiger partial charge in [-0.2, -0.15) is 0 Å². The highest BCUT2D eigenvalue weighted by Crippen LogP contribution is 2.40. The van der Waals surface area contributed by atoms with Crippen LogP contribution in [0.1, 0.15) is 54.9 Å². The molecule has 21 heavy (non-hydrogen) atoms. The molecular weight excluding hydrogens is 260 g/mol. The fraction of sp³-hybridized carbons (Fsp3) is 0.368. The number of benzene rings is 2. The Morgan fingerprint density at radius 3 is 2.48 bits per heavy atom. The van der Waals surface area contributed by atoms with Gasteiger partial charge in [0.1, 0.15) is 11.9 Å². The van der Waals surface area contributed by atoms with E-state index in [-0.39, 0.29) is 0 Å². The van der Waals surface area contributed by atoms with E-state index in [4.69, 9.17) is 4.74 Å². The van der Waals surface area contributed by atoms with Gasteiger partial charge in [-0.1, -0.05) is 49.4 Å². The smallest absolute Gasteiger partial charge is 0.125 e. The lowest BCUT2D eigenvalue weighted by Gasteiger charge is -2.16. The average molecular weight is 282 g/mol. The SMILES string of the molecule is CCCOc1ccccc1C(O)c1ccc(C2CC2)cc1. The second-order valence-corrected chi connectivity index (χ2v) is 5.73. The summed E-state index contributed by atoms with van der Waals surface area (Å²) in [5.74, 6) is 1.52.